The number of thiazole rings is 1. The normalized spacial score (nSPS) is 15.0. The maximum atomic E-state index is 13.1. The number of aromatic nitrogens is 1. The highest BCUT2D eigenvalue weighted by Gasteiger charge is 2.20. The van der Waals surface area contributed by atoms with Crippen molar-refractivity contribution >= 4 is 11.3 Å². The average Bonchev–Trinajstić information content (AvgIpc) is 3.02. The Hall–Kier alpha value is -1.33. The van der Waals surface area contributed by atoms with Crippen molar-refractivity contribution in [3.63, 3.8) is 0 Å². The largest absolute Gasteiger partial charge is 0.308 e. The van der Waals surface area contributed by atoms with Gasteiger partial charge in [-0.15, -0.1) is 11.3 Å². The highest BCUT2D eigenvalue weighted by molar-refractivity contribution is 7.13. The van der Waals surface area contributed by atoms with Gasteiger partial charge in [0.2, 0.25) is 0 Å². The number of nitrogens with zero attached hydrogens (tertiary/aromatic N) is 1. The highest BCUT2D eigenvalue weighted by Crippen LogP contribution is 2.26. The van der Waals surface area contributed by atoms with Crippen LogP contribution in [0.3, 0.4) is 0 Å². The van der Waals surface area contributed by atoms with E-state index in [-0.39, 0.29) is 0 Å². The van der Waals surface area contributed by atoms with Crippen LogP contribution in [-0.2, 0) is 6.54 Å². The summed E-state index contributed by atoms with van der Waals surface area (Å²) in [4.78, 5) is 4.39. The first kappa shape index (κ1) is 11.7. The van der Waals surface area contributed by atoms with Crippen LogP contribution in [0.15, 0.2) is 23.6 Å². The lowest BCUT2D eigenvalue weighted by molar-refractivity contribution is 0.584. The van der Waals surface area contributed by atoms with E-state index in [2.05, 4.69) is 10.3 Å². The van der Waals surface area contributed by atoms with Crippen LogP contribution < -0.4 is 5.32 Å². The Morgan fingerprint density at radius 3 is 2.61 bits per heavy atom. The number of hydrogen-bond donors (Lipinski definition) is 1. The third kappa shape index (κ3) is 2.73. The van der Waals surface area contributed by atoms with Gasteiger partial charge in [-0.3, -0.25) is 0 Å². The smallest absolute Gasteiger partial charge is 0.126 e. The molecule has 2 aromatic rings. The van der Waals surface area contributed by atoms with Gasteiger partial charge in [0, 0.05) is 29.6 Å². The Morgan fingerprint density at radius 2 is 1.94 bits per heavy atom. The van der Waals surface area contributed by atoms with Crippen LogP contribution in [-0.4, -0.2) is 11.0 Å². The van der Waals surface area contributed by atoms with Crippen LogP contribution in [0.4, 0.5) is 8.78 Å². The summed E-state index contributed by atoms with van der Waals surface area (Å²) in [6, 6.07) is 4.11. The van der Waals surface area contributed by atoms with E-state index in [1.54, 1.807) is 0 Å². The summed E-state index contributed by atoms with van der Waals surface area (Å²) in [5.74, 6) is -1.14. The molecular formula is C13H12F2N2S. The zero-order valence-electron chi connectivity index (χ0n) is 9.62. The van der Waals surface area contributed by atoms with Crippen molar-refractivity contribution < 1.29 is 8.78 Å². The fourth-order valence-electron chi connectivity index (χ4n) is 1.73. The predicted octanol–water partition coefficient (Wildman–Crippen LogP) is 3.34. The minimum atomic E-state index is -0.571. The second-order valence-electron chi connectivity index (χ2n) is 4.46. The van der Waals surface area contributed by atoms with Gasteiger partial charge in [0.15, 0.2) is 0 Å². The van der Waals surface area contributed by atoms with Crippen molar-refractivity contribution in [1.29, 1.82) is 0 Å². The minimum absolute atomic E-state index is 0.496. The first-order valence-corrected chi connectivity index (χ1v) is 6.73. The molecule has 0 atom stereocenters. The van der Waals surface area contributed by atoms with E-state index >= 15 is 0 Å². The molecule has 0 saturated heterocycles. The van der Waals surface area contributed by atoms with E-state index in [0.717, 1.165) is 18.3 Å². The van der Waals surface area contributed by atoms with E-state index in [4.69, 9.17) is 0 Å². The zero-order chi connectivity index (χ0) is 12.5. The van der Waals surface area contributed by atoms with Gasteiger partial charge < -0.3 is 5.32 Å². The molecular weight excluding hydrogens is 254 g/mol. The van der Waals surface area contributed by atoms with Crippen LogP contribution >= 0.6 is 11.3 Å². The van der Waals surface area contributed by atoms with E-state index in [0.29, 0.717) is 16.6 Å². The molecule has 0 aliphatic heterocycles. The maximum Gasteiger partial charge on any atom is 0.126 e. The second-order valence-corrected chi connectivity index (χ2v) is 5.32. The predicted molar refractivity (Wildman–Crippen MR) is 67.3 cm³/mol. The van der Waals surface area contributed by atoms with Crippen molar-refractivity contribution in [3.05, 3.63) is 40.9 Å². The summed E-state index contributed by atoms with van der Waals surface area (Å²) in [7, 11) is 0. The highest BCUT2D eigenvalue weighted by atomic mass is 32.1. The summed E-state index contributed by atoms with van der Waals surface area (Å²) < 4.78 is 26.2. The molecule has 0 unspecified atom stereocenters. The molecule has 1 aromatic heterocycles. The van der Waals surface area contributed by atoms with Gasteiger partial charge in [-0.05, 0) is 25.0 Å². The number of benzene rings is 1. The lowest BCUT2D eigenvalue weighted by Gasteiger charge is -1.99. The van der Waals surface area contributed by atoms with E-state index < -0.39 is 11.6 Å². The molecule has 1 N–H and O–H groups in total. The van der Waals surface area contributed by atoms with Gasteiger partial charge in [0.05, 0.1) is 5.69 Å². The van der Waals surface area contributed by atoms with Crippen LogP contribution in [0.2, 0.25) is 0 Å². The Labute approximate surface area is 108 Å². The van der Waals surface area contributed by atoms with Crippen molar-refractivity contribution in [1.82, 2.24) is 10.3 Å². The number of rotatable bonds is 4. The van der Waals surface area contributed by atoms with Crippen LogP contribution in [0, 0.1) is 11.6 Å². The lowest BCUT2D eigenvalue weighted by Crippen LogP contribution is -2.15. The molecule has 3 rings (SSSR count). The molecule has 0 bridgehead atoms. The fourth-order valence-corrected chi connectivity index (χ4v) is 2.54. The van der Waals surface area contributed by atoms with Crippen molar-refractivity contribution in [2.45, 2.75) is 25.4 Å². The molecule has 1 aromatic carbocycles. The van der Waals surface area contributed by atoms with Crippen LogP contribution in [0.5, 0.6) is 0 Å². The topological polar surface area (TPSA) is 24.9 Å². The third-order valence-corrected chi connectivity index (χ3v) is 3.75. The van der Waals surface area contributed by atoms with E-state index in [9.17, 15) is 8.78 Å². The number of hydrogen-bond acceptors (Lipinski definition) is 3. The Morgan fingerprint density at radius 1 is 1.22 bits per heavy atom. The molecule has 1 fully saturated rings. The van der Waals surface area contributed by atoms with Gasteiger partial charge in [0.1, 0.15) is 16.6 Å². The molecule has 18 heavy (non-hydrogen) atoms. The Kier molecular flexibility index (Phi) is 3.09. The van der Waals surface area contributed by atoms with Crippen molar-refractivity contribution in [2.24, 2.45) is 0 Å². The molecule has 1 aliphatic rings. The Bertz CT molecular complexity index is 544. The Balaban J connectivity index is 1.78. The van der Waals surface area contributed by atoms with E-state index in [1.807, 2.05) is 5.38 Å². The lowest BCUT2D eigenvalue weighted by atomic mass is 10.2. The number of nitrogens with one attached hydrogen (secondary N) is 1. The standard InChI is InChI=1S/C13H12F2N2S/c14-9-3-8(4-10(15)5-9)13-17-12(7-18-13)6-16-11-1-2-11/h3-5,7,11,16H,1-2,6H2. The minimum Gasteiger partial charge on any atom is -0.308 e. The number of halogens is 2. The first-order chi connectivity index (χ1) is 8.70. The van der Waals surface area contributed by atoms with Gasteiger partial charge in [-0.25, -0.2) is 13.8 Å². The molecule has 0 radical (unpaired) electrons. The van der Waals surface area contributed by atoms with Gasteiger partial charge in [-0.1, -0.05) is 0 Å². The summed E-state index contributed by atoms with van der Waals surface area (Å²) >= 11 is 1.41. The summed E-state index contributed by atoms with van der Waals surface area (Å²) in [6.45, 7) is 0.721. The molecule has 0 spiro atoms. The van der Waals surface area contributed by atoms with Crippen LogP contribution in [0.1, 0.15) is 18.5 Å². The average molecular weight is 266 g/mol. The molecule has 94 valence electrons. The molecule has 1 saturated carbocycles. The summed E-state index contributed by atoms with van der Waals surface area (Å²) in [5, 5.41) is 5.93. The second kappa shape index (κ2) is 4.74. The fraction of sp³-hybridized carbons (Fsp3) is 0.308. The molecule has 1 aliphatic carbocycles. The molecule has 5 heteroatoms. The first-order valence-electron chi connectivity index (χ1n) is 5.85. The monoisotopic (exact) mass is 266 g/mol. The maximum absolute atomic E-state index is 13.1. The van der Waals surface area contributed by atoms with Crippen molar-refractivity contribution in [3.8, 4) is 10.6 Å². The van der Waals surface area contributed by atoms with Crippen molar-refractivity contribution in [2.75, 3.05) is 0 Å². The summed E-state index contributed by atoms with van der Waals surface area (Å²) in [6.07, 6.45) is 2.46. The van der Waals surface area contributed by atoms with Gasteiger partial charge in [-0.2, -0.15) is 0 Å². The van der Waals surface area contributed by atoms with Crippen LogP contribution in [0.25, 0.3) is 10.6 Å². The third-order valence-electron chi connectivity index (χ3n) is 2.81. The molecule has 2 nitrogen and oxygen atoms in total. The van der Waals surface area contributed by atoms with E-state index in [1.165, 1.54) is 36.3 Å². The SMILES string of the molecule is Fc1cc(F)cc(-c2nc(CNC3CC3)cs2)c1. The molecule has 0 amide bonds. The summed E-state index contributed by atoms with van der Waals surface area (Å²) in [5.41, 5.74) is 1.42. The van der Waals surface area contributed by atoms with Gasteiger partial charge >= 0.3 is 0 Å². The zero-order valence-corrected chi connectivity index (χ0v) is 10.4. The quantitative estimate of drug-likeness (QED) is 0.918. The van der Waals surface area contributed by atoms with Gasteiger partial charge in [0.25, 0.3) is 0 Å². The molecule has 1 heterocycles.